The fraction of sp³-hybridized carbons (Fsp3) is 1.00. The van der Waals surface area contributed by atoms with Crippen LogP contribution in [0.4, 0.5) is 0 Å². The maximum atomic E-state index is 5.58. The second-order valence-corrected chi connectivity index (χ2v) is 4.30. The van der Waals surface area contributed by atoms with Crippen LogP contribution in [-0.2, 0) is 4.74 Å². The molecule has 2 nitrogen and oxygen atoms in total. The highest BCUT2D eigenvalue weighted by atomic mass is 35.5. The van der Waals surface area contributed by atoms with Gasteiger partial charge in [0.05, 0.1) is 6.10 Å². The summed E-state index contributed by atoms with van der Waals surface area (Å²) in [5.41, 5.74) is 0. The van der Waals surface area contributed by atoms with Crippen LogP contribution in [0.1, 0.15) is 38.5 Å². The Morgan fingerprint density at radius 2 is 2.07 bits per heavy atom. The lowest BCUT2D eigenvalue weighted by molar-refractivity contribution is 0.102. The van der Waals surface area contributed by atoms with Crippen molar-refractivity contribution in [2.45, 2.75) is 44.6 Å². The van der Waals surface area contributed by atoms with Crippen LogP contribution in [-0.4, -0.2) is 31.7 Å². The summed E-state index contributed by atoms with van der Waals surface area (Å²) in [7, 11) is 0. The first-order valence-electron chi connectivity index (χ1n) is 5.82. The number of hydrogen-bond acceptors (Lipinski definition) is 2. The predicted octanol–water partition coefficient (Wildman–Crippen LogP) is 2.55. The number of ether oxygens (including phenoxy) is 1. The summed E-state index contributed by atoms with van der Waals surface area (Å²) >= 11 is 5.58. The summed E-state index contributed by atoms with van der Waals surface area (Å²) < 4.78 is 5.55. The molecule has 0 aromatic heterocycles. The second kappa shape index (κ2) is 8.51. The van der Waals surface area contributed by atoms with Crippen LogP contribution < -0.4 is 5.32 Å². The maximum absolute atomic E-state index is 5.58. The van der Waals surface area contributed by atoms with Crippen molar-refractivity contribution in [2.75, 3.05) is 25.6 Å². The summed E-state index contributed by atoms with van der Waals surface area (Å²) in [5, 5.41) is 3.43. The molecule has 1 rings (SSSR count). The fourth-order valence-electron chi connectivity index (χ4n) is 1.80. The van der Waals surface area contributed by atoms with E-state index in [2.05, 4.69) is 5.32 Å². The van der Waals surface area contributed by atoms with E-state index in [1.165, 1.54) is 32.1 Å². The standard InChI is InChI=1S/C11H22ClNO/c12-7-1-2-8-13-9-3-5-11-6-4-10-14-11/h11,13H,1-10H2. The van der Waals surface area contributed by atoms with Gasteiger partial charge in [0.1, 0.15) is 0 Å². The molecule has 1 saturated heterocycles. The monoisotopic (exact) mass is 219 g/mol. The Morgan fingerprint density at radius 1 is 1.21 bits per heavy atom. The molecule has 1 fully saturated rings. The molecule has 0 saturated carbocycles. The number of nitrogens with one attached hydrogen (secondary N) is 1. The highest BCUT2D eigenvalue weighted by molar-refractivity contribution is 6.17. The average Bonchev–Trinajstić information content (AvgIpc) is 2.69. The lowest BCUT2D eigenvalue weighted by atomic mass is 10.1. The number of rotatable bonds is 8. The SMILES string of the molecule is ClCCCCNCCCC1CCCO1. The van der Waals surface area contributed by atoms with E-state index in [0.29, 0.717) is 6.10 Å². The van der Waals surface area contributed by atoms with Crippen LogP contribution in [0.15, 0.2) is 0 Å². The molecule has 14 heavy (non-hydrogen) atoms. The van der Waals surface area contributed by atoms with Gasteiger partial charge in [0, 0.05) is 12.5 Å². The second-order valence-electron chi connectivity index (χ2n) is 3.92. The first kappa shape index (κ1) is 12.3. The molecule has 0 amide bonds. The smallest absolute Gasteiger partial charge is 0.0576 e. The average molecular weight is 220 g/mol. The third-order valence-electron chi connectivity index (χ3n) is 2.64. The van der Waals surface area contributed by atoms with Crippen molar-refractivity contribution < 1.29 is 4.74 Å². The largest absolute Gasteiger partial charge is 0.378 e. The molecular weight excluding hydrogens is 198 g/mol. The molecular formula is C11H22ClNO. The van der Waals surface area contributed by atoms with Crippen LogP contribution in [0.2, 0.25) is 0 Å². The van der Waals surface area contributed by atoms with Crippen molar-refractivity contribution in [1.29, 1.82) is 0 Å². The van der Waals surface area contributed by atoms with Crippen molar-refractivity contribution in [3.05, 3.63) is 0 Å². The molecule has 0 spiro atoms. The third-order valence-corrected chi connectivity index (χ3v) is 2.91. The molecule has 1 unspecified atom stereocenters. The van der Waals surface area contributed by atoms with Gasteiger partial charge in [-0.15, -0.1) is 11.6 Å². The summed E-state index contributed by atoms with van der Waals surface area (Å²) in [6.07, 6.45) is 7.87. The van der Waals surface area contributed by atoms with Crippen molar-refractivity contribution in [3.63, 3.8) is 0 Å². The summed E-state index contributed by atoms with van der Waals surface area (Å²) in [6, 6.07) is 0. The van der Waals surface area contributed by atoms with Crippen molar-refractivity contribution in [2.24, 2.45) is 0 Å². The molecule has 1 heterocycles. The number of hydrogen-bond donors (Lipinski definition) is 1. The normalized spacial score (nSPS) is 21.6. The lowest BCUT2D eigenvalue weighted by Gasteiger charge is -2.09. The quantitative estimate of drug-likeness (QED) is 0.501. The van der Waals surface area contributed by atoms with E-state index in [1.807, 2.05) is 0 Å². The summed E-state index contributed by atoms with van der Waals surface area (Å²) in [4.78, 5) is 0. The van der Waals surface area contributed by atoms with Gasteiger partial charge in [-0.2, -0.15) is 0 Å². The van der Waals surface area contributed by atoms with E-state index in [0.717, 1.165) is 32.0 Å². The maximum Gasteiger partial charge on any atom is 0.0576 e. The molecule has 0 radical (unpaired) electrons. The van der Waals surface area contributed by atoms with Crippen LogP contribution in [0.25, 0.3) is 0 Å². The van der Waals surface area contributed by atoms with Crippen molar-refractivity contribution >= 4 is 11.6 Å². The van der Waals surface area contributed by atoms with Gasteiger partial charge in [-0.05, 0) is 51.6 Å². The summed E-state index contributed by atoms with van der Waals surface area (Å²) in [6.45, 7) is 3.22. The van der Waals surface area contributed by atoms with E-state index < -0.39 is 0 Å². The minimum Gasteiger partial charge on any atom is -0.378 e. The van der Waals surface area contributed by atoms with Crippen molar-refractivity contribution in [3.8, 4) is 0 Å². The highest BCUT2D eigenvalue weighted by Crippen LogP contribution is 2.16. The van der Waals surface area contributed by atoms with E-state index in [-0.39, 0.29) is 0 Å². The highest BCUT2D eigenvalue weighted by Gasteiger charge is 2.13. The van der Waals surface area contributed by atoms with Crippen molar-refractivity contribution in [1.82, 2.24) is 5.32 Å². The first-order chi connectivity index (χ1) is 6.93. The van der Waals surface area contributed by atoms with Gasteiger partial charge in [-0.1, -0.05) is 0 Å². The molecule has 1 N–H and O–H groups in total. The molecule has 1 aliphatic heterocycles. The topological polar surface area (TPSA) is 21.3 Å². The van der Waals surface area contributed by atoms with Gasteiger partial charge in [0.15, 0.2) is 0 Å². The Hall–Kier alpha value is 0.210. The Bertz CT molecular complexity index is 126. The first-order valence-corrected chi connectivity index (χ1v) is 6.35. The van der Waals surface area contributed by atoms with Crippen LogP contribution in [0.3, 0.4) is 0 Å². The van der Waals surface area contributed by atoms with Gasteiger partial charge >= 0.3 is 0 Å². The minimum atomic E-state index is 0.555. The minimum absolute atomic E-state index is 0.555. The zero-order valence-corrected chi connectivity index (χ0v) is 9.69. The molecule has 84 valence electrons. The molecule has 1 atom stereocenters. The van der Waals surface area contributed by atoms with Gasteiger partial charge < -0.3 is 10.1 Å². The van der Waals surface area contributed by atoms with Gasteiger partial charge in [0.25, 0.3) is 0 Å². The molecule has 1 aliphatic rings. The number of halogens is 1. The Labute approximate surface area is 92.3 Å². The van der Waals surface area contributed by atoms with Gasteiger partial charge in [-0.3, -0.25) is 0 Å². The van der Waals surface area contributed by atoms with E-state index >= 15 is 0 Å². The molecule has 0 aromatic carbocycles. The molecule has 0 aliphatic carbocycles. The van der Waals surface area contributed by atoms with Crippen LogP contribution >= 0.6 is 11.6 Å². The Balaban J connectivity index is 1.75. The Morgan fingerprint density at radius 3 is 2.79 bits per heavy atom. The van der Waals surface area contributed by atoms with Gasteiger partial charge in [0.2, 0.25) is 0 Å². The predicted molar refractivity (Wildman–Crippen MR) is 61.0 cm³/mol. The zero-order chi connectivity index (χ0) is 10.1. The third kappa shape index (κ3) is 5.84. The fourth-order valence-corrected chi connectivity index (χ4v) is 1.99. The Kier molecular flexibility index (Phi) is 7.47. The van der Waals surface area contributed by atoms with E-state index in [1.54, 1.807) is 0 Å². The molecule has 3 heteroatoms. The molecule has 0 aromatic rings. The van der Waals surface area contributed by atoms with Crippen LogP contribution in [0.5, 0.6) is 0 Å². The zero-order valence-electron chi connectivity index (χ0n) is 8.93. The number of unbranched alkanes of at least 4 members (excludes halogenated alkanes) is 1. The number of alkyl halides is 1. The summed E-state index contributed by atoms with van der Waals surface area (Å²) in [5.74, 6) is 0.789. The van der Waals surface area contributed by atoms with Crippen LogP contribution in [0, 0.1) is 0 Å². The van der Waals surface area contributed by atoms with E-state index in [9.17, 15) is 0 Å². The lowest BCUT2D eigenvalue weighted by Crippen LogP contribution is -2.18. The van der Waals surface area contributed by atoms with E-state index in [4.69, 9.17) is 16.3 Å². The van der Waals surface area contributed by atoms with Gasteiger partial charge in [-0.25, -0.2) is 0 Å². The molecule has 0 bridgehead atoms.